The summed E-state index contributed by atoms with van der Waals surface area (Å²) in [6.07, 6.45) is 3.11. The molecule has 0 aliphatic carbocycles. The normalized spacial score (nSPS) is 11.4. The first-order chi connectivity index (χ1) is 14.0. The minimum Gasteiger partial charge on any atom is -0.480 e. The fraction of sp³-hybridized carbons (Fsp3) is 0.150. The summed E-state index contributed by atoms with van der Waals surface area (Å²) in [5.41, 5.74) is 1.65. The molecular formula is C20H18N4O4S. The Hall–Kier alpha value is -3.59. The molecule has 2 aromatic heterocycles. The molecular weight excluding hydrogens is 392 g/mol. The van der Waals surface area contributed by atoms with Crippen molar-refractivity contribution < 1.29 is 19.5 Å². The first-order valence-corrected chi connectivity index (χ1v) is 9.61. The molecule has 2 heterocycles. The Labute approximate surface area is 170 Å². The lowest BCUT2D eigenvalue weighted by Crippen LogP contribution is -2.43. The number of nitrogens with zero attached hydrogens (tertiary/aromatic N) is 2. The lowest BCUT2D eigenvalue weighted by atomic mass is 10.1. The highest BCUT2D eigenvalue weighted by molar-refractivity contribution is 7.14. The fourth-order valence-electron chi connectivity index (χ4n) is 2.57. The zero-order chi connectivity index (χ0) is 20.6. The van der Waals surface area contributed by atoms with E-state index in [4.69, 9.17) is 0 Å². The Kier molecular flexibility index (Phi) is 6.64. The minimum atomic E-state index is -1.11. The van der Waals surface area contributed by atoms with Crippen LogP contribution in [0.15, 0.2) is 60.2 Å². The molecule has 0 radical (unpaired) electrons. The number of nitrogens with one attached hydrogen (secondary N) is 2. The van der Waals surface area contributed by atoms with Crippen molar-refractivity contribution in [1.29, 1.82) is 0 Å². The molecule has 3 rings (SSSR count). The number of pyridine rings is 1. The maximum Gasteiger partial charge on any atom is 0.326 e. The molecule has 1 atom stereocenters. The van der Waals surface area contributed by atoms with Crippen molar-refractivity contribution in [2.24, 2.45) is 0 Å². The van der Waals surface area contributed by atoms with E-state index in [0.29, 0.717) is 16.4 Å². The quantitative estimate of drug-likeness (QED) is 0.523. The van der Waals surface area contributed by atoms with Crippen molar-refractivity contribution in [3.05, 3.63) is 77.1 Å². The van der Waals surface area contributed by atoms with Gasteiger partial charge in [-0.3, -0.25) is 19.9 Å². The van der Waals surface area contributed by atoms with Gasteiger partial charge in [0.15, 0.2) is 5.13 Å². The number of aliphatic carboxylic acids is 1. The molecule has 0 aliphatic heterocycles. The Balaban J connectivity index is 1.56. The molecule has 0 aliphatic rings. The van der Waals surface area contributed by atoms with Crippen LogP contribution in [0.4, 0.5) is 5.13 Å². The monoisotopic (exact) mass is 410 g/mol. The number of carboxylic acids is 1. The molecule has 0 spiro atoms. The van der Waals surface area contributed by atoms with Crippen LogP contribution in [0.25, 0.3) is 0 Å². The van der Waals surface area contributed by atoms with Gasteiger partial charge in [-0.05, 0) is 17.7 Å². The molecule has 3 aromatic rings. The summed E-state index contributed by atoms with van der Waals surface area (Å²) in [5, 5.41) is 16.5. The third-order valence-electron chi connectivity index (χ3n) is 3.95. The summed E-state index contributed by atoms with van der Waals surface area (Å²) in [4.78, 5) is 43.9. The van der Waals surface area contributed by atoms with E-state index in [9.17, 15) is 19.5 Å². The maximum atomic E-state index is 12.3. The number of aromatic nitrogens is 2. The summed E-state index contributed by atoms with van der Waals surface area (Å²) in [5.74, 6) is -1.91. The van der Waals surface area contributed by atoms with Crippen molar-refractivity contribution in [2.75, 3.05) is 5.32 Å². The molecule has 3 N–H and O–H groups in total. The Bertz CT molecular complexity index is 992. The van der Waals surface area contributed by atoms with E-state index in [0.717, 1.165) is 5.56 Å². The molecule has 1 aromatic carbocycles. The number of carbonyl (C=O) groups is 3. The molecule has 2 amide bonds. The molecule has 29 heavy (non-hydrogen) atoms. The Morgan fingerprint density at radius 1 is 1.10 bits per heavy atom. The van der Waals surface area contributed by atoms with E-state index < -0.39 is 17.9 Å². The lowest BCUT2D eigenvalue weighted by Gasteiger charge is -2.14. The number of rotatable bonds is 8. The molecule has 0 fully saturated rings. The minimum absolute atomic E-state index is 0.0855. The van der Waals surface area contributed by atoms with Gasteiger partial charge in [0.05, 0.1) is 17.7 Å². The average molecular weight is 410 g/mol. The number of hydrogen-bond acceptors (Lipinski definition) is 6. The van der Waals surface area contributed by atoms with Crippen molar-refractivity contribution in [3.63, 3.8) is 0 Å². The van der Waals surface area contributed by atoms with Crippen molar-refractivity contribution >= 4 is 34.3 Å². The summed E-state index contributed by atoms with van der Waals surface area (Å²) < 4.78 is 0. The van der Waals surface area contributed by atoms with Gasteiger partial charge in [0, 0.05) is 24.2 Å². The standard InChI is InChI=1S/C20H18N4O4S/c25-17(23-16(19(27)28)9-13-5-2-1-3-6-13)10-15-12-29-20(22-15)24-18(26)14-7-4-8-21-11-14/h1-8,11-12,16H,9-10H2,(H,23,25)(H,27,28)(H,22,24,26). The highest BCUT2D eigenvalue weighted by atomic mass is 32.1. The van der Waals surface area contributed by atoms with Crippen LogP contribution in [-0.2, 0) is 22.4 Å². The SMILES string of the molecule is O=C(Cc1csc(NC(=O)c2cccnc2)n1)NC(Cc1ccccc1)C(=O)O. The fourth-order valence-corrected chi connectivity index (χ4v) is 3.28. The predicted octanol–water partition coefficient (Wildman–Crippen LogP) is 2.15. The van der Waals surface area contributed by atoms with Crippen LogP contribution in [0.3, 0.4) is 0 Å². The van der Waals surface area contributed by atoms with Gasteiger partial charge in [0.25, 0.3) is 5.91 Å². The van der Waals surface area contributed by atoms with E-state index in [1.54, 1.807) is 35.8 Å². The van der Waals surface area contributed by atoms with E-state index in [2.05, 4.69) is 20.6 Å². The van der Waals surface area contributed by atoms with E-state index in [-0.39, 0.29) is 18.7 Å². The third-order valence-corrected chi connectivity index (χ3v) is 4.76. The third kappa shape index (κ3) is 5.94. The summed E-state index contributed by atoms with van der Waals surface area (Å²) in [7, 11) is 0. The Morgan fingerprint density at radius 2 is 1.90 bits per heavy atom. The number of anilines is 1. The average Bonchev–Trinajstić information content (AvgIpc) is 3.15. The largest absolute Gasteiger partial charge is 0.480 e. The van der Waals surface area contributed by atoms with Gasteiger partial charge in [-0.25, -0.2) is 9.78 Å². The van der Waals surface area contributed by atoms with Gasteiger partial charge in [-0.2, -0.15) is 0 Å². The van der Waals surface area contributed by atoms with Gasteiger partial charge in [0.2, 0.25) is 5.91 Å². The number of thiazole rings is 1. The molecule has 0 bridgehead atoms. The molecule has 8 nitrogen and oxygen atoms in total. The van der Waals surface area contributed by atoms with Crippen LogP contribution in [0, 0.1) is 0 Å². The van der Waals surface area contributed by atoms with Gasteiger partial charge in [-0.15, -0.1) is 11.3 Å². The van der Waals surface area contributed by atoms with Crippen molar-refractivity contribution in [3.8, 4) is 0 Å². The van der Waals surface area contributed by atoms with Crippen LogP contribution in [0.1, 0.15) is 21.6 Å². The summed E-state index contributed by atoms with van der Waals surface area (Å²) >= 11 is 1.18. The highest BCUT2D eigenvalue weighted by Crippen LogP contribution is 2.17. The van der Waals surface area contributed by atoms with Crippen LogP contribution >= 0.6 is 11.3 Å². The van der Waals surface area contributed by atoms with E-state index in [1.165, 1.54) is 17.5 Å². The number of amides is 2. The summed E-state index contributed by atoms with van der Waals surface area (Å²) in [6, 6.07) is 11.3. The highest BCUT2D eigenvalue weighted by Gasteiger charge is 2.21. The second kappa shape index (κ2) is 9.56. The number of hydrogen-bond donors (Lipinski definition) is 3. The van der Waals surface area contributed by atoms with E-state index in [1.807, 2.05) is 18.2 Å². The number of carbonyl (C=O) groups excluding carboxylic acids is 2. The smallest absolute Gasteiger partial charge is 0.326 e. The van der Waals surface area contributed by atoms with Crippen LogP contribution in [0.2, 0.25) is 0 Å². The molecule has 9 heteroatoms. The maximum absolute atomic E-state index is 12.3. The topological polar surface area (TPSA) is 121 Å². The second-order valence-corrected chi connectivity index (χ2v) is 7.02. The van der Waals surface area contributed by atoms with E-state index >= 15 is 0 Å². The van der Waals surface area contributed by atoms with Gasteiger partial charge < -0.3 is 10.4 Å². The van der Waals surface area contributed by atoms with Crippen LogP contribution in [-0.4, -0.2) is 38.9 Å². The van der Waals surface area contributed by atoms with Crippen LogP contribution in [0.5, 0.6) is 0 Å². The molecule has 0 saturated carbocycles. The number of benzene rings is 1. The van der Waals surface area contributed by atoms with Crippen molar-refractivity contribution in [2.45, 2.75) is 18.9 Å². The zero-order valence-corrected chi connectivity index (χ0v) is 16.1. The second-order valence-electron chi connectivity index (χ2n) is 6.16. The Morgan fingerprint density at radius 3 is 2.59 bits per heavy atom. The molecule has 0 saturated heterocycles. The summed E-state index contributed by atoms with van der Waals surface area (Å²) in [6.45, 7) is 0. The van der Waals surface area contributed by atoms with Gasteiger partial charge >= 0.3 is 5.97 Å². The molecule has 1 unspecified atom stereocenters. The predicted molar refractivity (Wildman–Crippen MR) is 108 cm³/mol. The number of carboxylic acid groups (broad SMARTS) is 1. The zero-order valence-electron chi connectivity index (χ0n) is 15.2. The van der Waals surface area contributed by atoms with Crippen molar-refractivity contribution in [1.82, 2.24) is 15.3 Å². The van der Waals surface area contributed by atoms with Gasteiger partial charge in [0.1, 0.15) is 6.04 Å². The van der Waals surface area contributed by atoms with Gasteiger partial charge in [-0.1, -0.05) is 30.3 Å². The molecule has 148 valence electrons. The lowest BCUT2D eigenvalue weighted by molar-refractivity contribution is -0.141. The first-order valence-electron chi connectivity index (χ1n) is 8.73. The first kappa shape index (κ1) is 20.2. The van der Waals surface area contributed by atoms with Crippen LogP contribution < -0.4 is 10.6 Å².